The third kappa shape index (κ3) is 4.76. The molecule has 0 spiro atoms. The third-order valence-electron chi connectivity index (χ3n) is 4.67. The number of anilines is 1. The molecule has 1 aliphatic rings. The molecule has 0 saturated heterocycles. The van der Waals surface area contributed by atoms with Crippen LogP contribution in [0.3, 0.4) is 0 Å². The lowest BCUT2D eigenvalue weighted by atomic mass is 10.1. The van der Waals surface area contributed by atoms with Crippen molar-refractivity contribution in [3.8, 4) is 0 Å². The van der Waals surface area contributed by atoms with Crippen LogP contribution in [0.5, 0.6) is 0 Å². The number of amides is 2. The van der Waals surface area contributed by atoms with Crippen LogP contribution >= 0.6 is 34.4 Å². The Morgan fingerprint density at radius 2 is 1.43 bits per heavy atom. The Kier molecular flexibility index (Phi) is 6.54. The van der Waals surface area contributed by atoms with E-state index in [0.29, 0.717) is 23.6 Å². The Labute approximate surface area is 193 Å². The number of carbonyl (C=O) groups excluding carboxylic acids is 2. The van der Waals surface area contributed by atoms with E-state index in [1.54, 1.807) is 0 Å². The van der Waals surface area contributed by atoms with Gasteiger partial charge in [0.1, 0.15) is 10.6 Å². The van der Waals surface area contributed by atoms with Crippen molar-refractivity contribution in [3.63, 3.8) is 0 Å². The highest BCUT2D eigenvalue weighted by Gasteiger charge is 2.38. The van der Waals surface area contributed by atoms with Crippen molar-refractivity contribution in [2.75, 3.05) is 11.9 Å². The quantitative estimate of drug-likeness (QED) is 0.335. The molecular formula is C24H19IN2O2S. The number of halogens is 1. The standard InChI is InChI=1S/C24H19IN2O2S/c25-18-11-13-19(14-12-18)26-21-22(30-20-9-5-2-6-10-20)24(29)27(23(21)28)16-15-17-7-3-1-4-8-17/h1-14,26H,15-16H2. The molecule has 0 bridgehead atoms. The lowest BCUT2D eigenvalue weighted by molar-refractivity contribution is -0.137. The van der Waals surface area contributed by atoms with Gasteiger partial charge in [0.15, 0.2) is 0 Å². The Balaban J connectivity index is 1.60. The molecule has 1 aliphatic heterocycles. The highest BCUT2D eigenvalue weighted by Crippen LogP contribution is 2.35. The largest absolute Gasteiger partial charge is 0.350 e. The first kappa shape index (κ1) is 20.7. The molecule has 0 fully saturated rings. The number of carbonyl (C=O) groups is 2. The summed E-state index contributed by atoms with van der Waals surface area (Å²) in [5.41, 5.74) is 2.21. The Morgan fingerprint density at radius 3 is 2.10 bits per heavy atom. The van der Waals surface area contributed by atoms with Crippen molar-refractivity contribution in [3.05, 3.63) is 105 Å². The number of rotatable bonds is 7. The van der Waals surface area contributed by atoms with Gasteiger partial charge >= 0.3 is 0 Å². The average molecular weight is 526 g/mol. The van der Waals surface area contributed by atoms with Crippen molar-refractivity contribution >= 4 is 51.9 Å². The summed E-state index contributed by atoms with van der Waals surface area (Å²) in [5.74, 6) is -0.536. The monoisotopic (exact) mass is 526 g/mol. The SMILES string of the molecule is O=C1C(Nc2ccc(I)cc2)=C(Sc2ccccc2)C(=O)N1CCc1ccccc1. The van der Waals surface area contributed by atoms with E-state index < -0.39 is 0 Å². The van der Waals surface area contributed by atoms with Crippen molar-refractivity contribution in [2.24, 2.45) is 0 Å². The van der Waals surface area contributed by atoms with E-state index in [2.05, 4.69) is 27.9 Å². The summed E-state index contributed by atoms with van der Waals surface area (Å²) >= 11 is 3.56. The predicted octanol–water partition coefficient (Wildman–Crippen LogP) is 5.32. The zero-order valence-corrected chi connectivity index (χ0v) is 19.0. The second-order valence-corrected chi connectivity index (χ2v) is 9.08. The van der Waals surface area contributed by atoms with Gasteiger partial charge in [-0.15, -0.1) is 0 Å². The average Bonchev–Trinajstić information content (AvgIpc) is 2.99. The maximum atomic E-state index is 13.2. The van der Waals surface area contributed by atoms with Gasteiger partial charge in [0.25, 0.3) is 11.8 Å². The highest BCUT2D eigenvalue weighted by atomic mass is 127. The number of nitrogens with one attached hydrogen (secondary N) is 1. The Bertz CT molecular complexity index is 1080. The molecule has 0 aliphatic carbocycles. The number of thioether (sulfide) groups is 1. The highest BCUT2D eigenvalue weighted by molar-refractivity contribution is 14.1. The first-order valence-electron chi connectivity index (χ1n) is 9.52. The molecule has 3 aromatic carbocycles. The zero-order valence-electron chi connectivity index (χ0n) is 16.0. The molecule has 4 nitrogen and oxygen atoms in total. The van der Waals surface area contributed by atoms with Crippen LogP contribution in [0.4, 0.5) is 5.69 Å². The lowest BCUT2D eigenvalue weighted by Gasteiger charge is -2.15. The number of hydrogen-bond donors (Lipinski definition) is 1. The van der Waals surface area contributed by atoms with Crippen LogP contribution in [0.15, 0.2) is 100 Å². The van der Waals surface area contributed by atoms with E-state index in [-0.39, 0.29) is 11.8 Å². The topological polar surface area (TPSA) is 49.4 Å². The number of hydrogen-bond acceptors (Lipinski definition) is 4. The summed E-state index contributed by atoms with van der Waals surface area (Å²) in [6, 6.07) is 27.3. The van der Waals surface area contributed by atoms with Crippen LogP contribution in [-0.2, 0) is 16.0 Å². The maximum Gasteiger partial charge on any atom is 0.278 e. The molecule has 30 heavy (non-hydrogen) atoms. The van der Waals surface area contributed by atoms with Gasteiger partial charge < -0.3 is 5.32 Å². The van der Waals surface area contributed by atoms with Gasteiger partial charge in [0, 0.05) is 20.7 Å². The fourth-order valence-electron chi connectivity index (χ4n) is 3.13. The molecule has 3 aromatic rings. The van der Waals surface area contributed by atoms with Crippen molar-refractivity contribution in [1.29, 1.82) is 0 Å². The summed E-state index contributed by atoms with van der Waals surface area (Å²) in [5, 5.41) is 3.19. The molecular weight excluding hydrogens is 507 g/mol. The van der Waals surface area contributed by atoms with Crippen molar-refractivity contribution < 1.29 is 9.59 Å². The number of imide groups is 1. The molecule has 0 unspecified atom stereocenters. The summed E-state index contributed by atoms with van der Waals surface area (Å²) in [6.45, 7) is 0.346. The molecule has 4 rings (SSSR count). The molecule has 0 atom stereocenters. The van der Waals surface area contributed by atoms with E-state index in [9.17, 15) is 9.59 Å². The molecule has 150 valence electrons. The van der Waals surface area contributed by atoms with Crippen LogP contribution in [-0.4, -0.2) is 23.3 Å². The third-order valence-corrected chi connectivity index (χ3v) is 6.48. The maximum absolute atomic E-state index is 13.2. The van der Waals surface area contributed by atoms with E-state index >= 15 is 0 Å². The normalized spacial score (nSPS) is 13.8. The van der Waals surface area contributed by atoms with E-state index in [4.69, 9.17) is 0 Å². The van der Waals surface area contributed by atoms with Gasteiger partial charge in [0.2, 0.25) is 0 Å². The summed E-state index contributed by atoms with van der Waals surface area (Å²) in [4.78, 5) is 29.0. The lowest BCUT2D eigenvalue weighted by Crippen LogP contribution is -2.34. The van der Waals surface area contributed by atoms with Crippen LogP contribution in [0.25, 0.3) is 0 Å². The van der Waals surface area contributed by atoms with Gasteiger partial charge in [-0.05, 0) is 71.0 Å². The molecule has 2 amide bonds. The van der Waals surface area contributed by atoms with Gasteiger partial charge in [-0.25, -0.2) is 0 Å². The minimum absolute atomic E-state index is 0.252. The summed E-state index contributed by atoms with van der Waals surface area (Å²) < 4.78 is 1.10. The summed E-state index contributed by atoms with van der Waals surface area (Å²) in [7, 11) is 0. The van der Waals surface area contributed by atoms with Crippen molar-refractivity contribution in [1.82, 2.24) is 4.90 Å². The first-order chi connectivity index (χ1) is 14.6. The predicted molar refractivity (Wildman–Crippen MR) is 129 cm³/mol. The summed E-state index contributed by atoms with van der Waals surface area (Å²) in [6.07, 6.45) is 0.623. The smallest absolute Gasteiger partial charge is 0.278 e. The zero-order chi connectivity index (χ0) is 20.9. The van der Waals surface area contributed by atoms with Crippen LogP contribution in [0, 0.1) is 3.57 Å². The molecule has 1 N–H and O–H groups in total. The van der Waals surface area contributed by atoms with E-state index in [1.165, 1.54) is 16.7 Å². The van der Waals surface area contributed by atoms with Gasteiger partial charge in [-0.2, -0.15) is 0 Å². The van der Waals surface area contributed by atoms with Gasteiger partial charge in [-0.3, -0.25) is 14.5 Å². The van der Waals surface area contributed by atoms with Crippen LogP contribution in [0.2, 0.25) is 0 Å². The first-order valence-corrected chi connectivity index (χ1v) is 11.4. The molecule has 0 saturated carbocycles. The minimum atomic E-state index is -0.284. The Hall–Kier alpha value is -2.58. The van der Waals surface area contributed by atoms with Gasteiger partial charge in [-0.1, -0.05) is 60.3 Å². The van der Waals surface area contributed by atoms with Gasteiger partial charge in [0.05, 0.1) is 0 Å². The molecule has 6 heteroatoms. The Morgan fingerprint density at radius 1 is 0.800 bits per heavy atom. The number of benzene rings is 3. The fourth-order valence-corrected chi connectivity index (χ4v) is 4.46. The fraction of sp³-hybridized carbons (Fsp3) is 0.0833. The second kappa shape index (κ2) is 9.49. The van der Waals surface area contributed by atoms with Crippen LogP contribution < -0.4 is 5.32 Å². The van der Waals surface area contributed by atoms with Crippen molar-refractivity contribution in [2.45, 2.75) is 11.3 Å². The molecule has 0 radical (unpaired) electrons. The van der Waals surface area contributed by atoms with E-state index in [1.807, 2.05) is 84.9 Å². The minimum Gasteiger partial charge on any atom is -0.350 e. The number of nitrogens with zero attached hydrogens (tertiary/aromatic N) is 1. The van der Waals surface area contributed by atoms with Crippen LogP contribution in [0.1, 0.15) is 5.56 Å². The van der Waals surface area contributed by atoms with E-state index in [0.717, 1.165) is 19.7 Å². The molecule has 1 heterocycles. The molecule has 0 aromatic heterocycles. The second-order valence-electron chi connectivity index (χ2n) is 6.75.